The van der Waals surface area contributed by atoms with E-state index < -0.39 is 5.60 Å². The average molecular weight is 472 g/mol. The van der Waals surface area contributed by atoms with E-state index in [2.05, 4.69) is 24.3 Å². The van der Waals surface area contributed by atoms with Crippen LogP contribution in [0.1, 0.15) is 60.3 Å². The molecule has 2 saturated heterocycles. The molecule has 1 N–H and O–H groups in total. The van der Waals surface area contributed by atoms with Crippen LogP contribution in [0.3, 0.4) is 0 Å². The summed E-state index contributed by atoms with van der Waals surface area (Å²) in [5.74, 6) is -0.336. The van der Waals surface area contributed by atoms with Crippen LogP contribution in [0.4, 0.5) is 9.18 Å². The van der Waals surface area contributed by atoms with Crippen molar-refractivity contribution < 1.29 is 19.0 Å². The minimum Gasteiger partial charge on any atom is -0.448 e. The van der Waals surface area contributed by atoms with Gasteiger partial charge in [-0.05, 0) is 54.0 Å². The predicted molar refractivity (Wildman–Crippen MR) is 133 cm³/mol. The average Bonchev–Trinajstić information content (AvgIpc) is 3.17. The number of hydrogen-bond acceptors (Lipinski definition) is 3. The van der Waals surface area contributed by atoms with Crippen LogP contribution in [-0.2, 0) is 10.3 Å². The molecule has 0 radical (unpaired) electrons. The number of aryl methyl sites for hydroxylation is 1. The number of rotatable bonds is 3. The van der Waals surface area contributed by atoms with Crippen LogP contribution < -0.4 is 0 Å². The van der Waals surface area contributed by atoms with Crippen LogP contribution in [0, 0.1) is 12.7 Å². The topological polar surface area (TPSA) is 49.8 Å². The molecule has 2 unspecified atom stereocenters. The molecular formula is C30H30FNO3. The molecule has 2 fully saturated rings. The standard InChI is InChI=1S/C30H30FNO3/c1-19-8-6-15-27(28(19)31)30(34)16-20-9-7-10-21(17-30)32(20)29(33)35-18-26-24-13-4-2-11-22(24)23-12-3-5-14-25(23)26/h2-6,8,11-15,20-21,26,34H,7,9-10,16-18H2,1H3. The fourth-order valence-corrected chi connectivity index (χ4v) is 6.62. The van der Waals surface area contributed by atoms with E-state index >= 15 is 0 Å². The van der Waals surface area contributed by atoms with Gasteiger partial charge in [-0.25, -0.2) is 9.18 Å². The summed E-state index contributed by atoms with van der Waals surface area (Å²) in [4.78, 5) is 15.2. The summed E-state index contributed by atoms with van der Waals surface area (Å²) >= 11 is 0. The van der Waals surface area contributed by atoms with Crippen molar-refractivity contribution in [2.45, 2.75) is 62.6 Å². The highest BCUT2D eigenvalue weighted by molar-refractivity contribution is 5.79. The van der Waals surface area contributed by atoms with Gasteiger partial charge in [0, 0.05) is 36.4 Å². The van der Waals surface area contributed by atoms with Gasteiger partial charge < -0.3 is 14.7 Å². The molecule has 180 valence electrons. The first-order valence-corrected chi connectivity index (χ1v) is 12.6. The van der Waals surface area contributed by atoms with Crippen molar-refractivity contribution in [3.05, 3.63) is 94.8 Å². The summed E-state index contributed by atoms with van der Waals surface area (Å²) in [6.45, 7) is 1.99. The van der Waals surface area contributed by atoms with E-state index in [4.69, 9.17) is 4.74 Å². The molecule has 2 aliphatic heterocycles. The zero-order valence-corrected chi connectivity index (χ0v) is 19.9. The molecule has 3 aromatic rings. The molecule has 2 bridgehead atoms. The Labute approximate surface area is 205 Å². The summed E-state index contributed by atoms with van der Waals surface area (Å²) in [6.07, 6.45) is 2.90. The number of aliphatic hydroxyl groups is 1. The molecule has 5 heteroatoms. The first kappa shape index (κ1) is 22.3. The van der Waals surface area contributed by atoms with Gasteiger partial charge in [-0.2, -0.15) is 0 Å². The summed E-state index contributed by atoms with van der Waals surface area (Å²) in [5.41, 5.74) is 4.37. The first-order chi connectivity index (χ1) is 17.0. The number of hydrogen-bond donors (Lipinski definition) is 1. The van der Waals surface area contributed by atoms with Crippen LogP contribution in [-0.4, -0.2) is 34.8 Å². The fourth-order valence-electron chi connectivity index (χ4n) is 6.62. The predicted octanol–water partition coefficient (Wildman–Crippen LogP) is 6.29. The van der Waals surface area contributed by atoms with Crippen LogP contribution in [0.2, 0.25) is 0 Å². The van der Waals surface area contributed by atoms with Gasteiger partial charge in [0.1, 0.15) is 12.4 Å². The normalized spacial score (nSPS) is 25.2. The van der Waals surface area contributed by atoms with Crippen molar-refractivity contribution in [3.63, 3.8) is 0 Å². The summed E-state index contributed by atoms with van der Waals surface area (Å²) < 4.78 is 20.9. The van der Waals surface area contributed by atoms with Crippen LogP contribution in [0.15, 0.2) is 66.7 Å². The highest BCUT2D eigenvalue weighted by Gasteiger charge is 2.49. The second kappa shape index (κ2) is 8.49. The maximum Gasteiger partial charge on any atom is 0.410 e. The highest BCUT2D eigenvalue weighted by Crippen LogP contribution is 2.47. The van der Waals surface area contributed by atoms with Gasteiger partial charge >= 0.3 is 6.09 Å². The molecule has 6 rings (SSSR count). The first-order valence-electron chi connectivity index (χ1n) is 12.6. The van der Waals surface area contributed by atoms with Gasteiger partial charge in [-0.15, -0.1) is 0 Å². The van der Waals surface area contributed by atoms with Gasteiger partial charge in [-0.3, -0.25) is 0 Å². The van der Waals surface area contributed by atoms with E-state index in [9.17, 15) is 14.3 Å². The number of fused-ring (bicyclic) bond motifs is 5. The highest BCUT2D eigenvalue weighted by atomic mass is 19.1. The molecule has 35 heavy (non-hydrogen) atoms. The zero-order valence-electron chi connectivity index (χ0n) is 19.9. The maximum absolute atomic E-state index is 14.9. The number of benzene rings is 3. The number of nitrogens with zero attached hydrogens (tertiary/aromatic N) is 1. The smallest absolute Gasteiger partial charge is 0.410 e. The molecule has 1 aliphatic carbocycles. The number of amides is 1. The molecule has 0 spiro atoms. The molecule has 3 aromatic carbocycles. The number of piperidine rings is 2. The SMILES string of the molecule is Cc1cccc(C2(O)CC3CCCC(C2)N3C(=O)OCC2c3ccccc3-c3ccccc32)c1F. The van der Waals surface area contributed by atoms with E-state index in [1.54, 1.807) is 25.1 Å². The molecule has 3 aliphatic rings. The zero-order chi connectivity index (χ0) is 24.2. The maximum atomic E-state index is 14.9. The second-order valence-corrected chi connectivity index (χ2v) is 10.3. The Balaban J connectivity index is 1.22. The number of halogens is 1. The molecule has 1 amide bonds. The number of carbonyl (C=O) groups excluding carboxylic acids is 1. The van der Waals surface area contributed by atoms with Crippen molar-refractivity contribution in [1.29, 1.82) is 0 Å². The van der Waals surface area contributed by atoms with E-state index in [-0.39, 0.29) is 36.5 Å². The summed E-state index contributed by atoms with van der Waals surface area (Å²) in [6, 6.07) is 21.5. The van der Waals surface area contributed by atoms with Gasteiger partial charge in [0.2, 0.25) is 0 Å². The lowest BCUT2D eigenvalue weighted by molar-refractivity contribution is -0.0906. The van der Waals surface area contributed by atoms with Crippen LogP contribution in [0.25, 0.3) is 11.1 Å². The van der Waals surface area contributed by atoms with E-state index in [1.165, 1.54) is 22.3 Å². The third-order valence-electron chi connectivity index (χ3n) is 8.25. The van der Waals surface area contributed by atoms with Gasteiger partial charge in [0.05, 0.1) is 5.60 Å². The van der Waals surface area contributed by atoms with Crippen molar-refractivity contribution in [2.24, 2.45) is 0 Å². The Bertz CT molecular complexity index is 1230. The third kappa shape index (κ3) is 3.64. The van der Waals surface area contributed by atoms with Gasteiger partial charge in [-0.1, -0.05) is 66.7 Å². The largest absolute Gasteiger partial charge is 0.448 e. The molecule has 2 heterocycles. The lowest BCUT2D eigenvalue weighted by atomic mass is 9.72. The molecule has 4 nitrogen and oxygen atoms in total. The van der Waals surface area contributed by atoms with E-state index in [0.29, 0.717) is 24.0 Å². The Morgan fingerprint density at radius 1 is 0.971 bits per heavy atom. The van der Waals surface area contributed by atoms with Gasteiger partial charge in [0.15, 0.2) is 0 Å². The summed E-state index contributed by atoms with van der Waals surface area (Å²) in [7, 11) is 0. The van der Waals surface area contributed by atoms with E-state index in [0.717, 1.165) is 19.3 Å². The fraction of sp³-hybridized carbons (Fsp3) is 0.367. The molecular weight excluding hydrogens is 441 g/mol. The lowest BCUT2D eigenvalue weighted by Crippen LogP contribution is -2.59. The van der Waals surface area contributed by atoms with Crippen molar-refractivity contribution in [3.8, 4) is 11.1 Å². The van der Waals surface area contributed by atoms with E-state index in [1.807, 2.05) is 29.2 Å². The number of ether oxygens (including phenoxy) is 1. The minimum atomic E-state index is -1.27. The Morgan fingerprint density at radius 2 is 1.57 bits per heavy atom. The monoisotopic (exact) mass is 471 g/mol. The Hall–Kier alpha value is -3.18. The molecule has 0 aromatic heterocycles. The molecule has 2 atom stereocenters. The van der Waals surface area contributed by atoms with Crippen molar-refractivity contribution in [2.75, 3.05) is 6.61 Å². The van der Waals surface area contributed by atoms with Gasteiger partial charge in [0.25, 0.3) is 0 Å². The Morgan fingerprint density at radius 3 is 2.20 bits per heavy atom. The third-order valence-corrected chi connectivity index (χ3v) is 8.25. The quantitative estimate of drug-likeness (QED) is 0.489. The summed E-state index contributed by atoms with van der Waals surface area (Å²) in [5, 5.41) is 11.6. The van der Waals surface area contributed by atoms with Crippen molar-refractivity contribution in [1.82, 2.24) is 4.90 Å². The van der Waals surface area contributed by atoms with Crippen LogP contribution >= 0.6 is 0 Å². The second-order valence-electron chi connectivity index (χ2n) is 10.3. The number of carbonyl (C=O) groups is 1. The molecule has 0 saturated carbocycles. The Kier molecular flexibility index (Phi) is 5.41. The lowest BCUT2D eigenvalue weighted by Gasteiger charge is -2.51. The van der Waals surface area contributed by atoms with Crippen LogP contribution in [0.5, 0.6) is 0 Å². The minimum absolute atomic E-state index is 0.00861. The van der Waals surface area contributed by atoms with Crippen molar-refractivity contribution >= 4 is 6.09 Å².